The number of rotatable bonds is 3. The highest BCUT2D eigenvalue weighted by Gasteiger charge is 2.42. The van der Waals surface area contributed by atoms with Crippen LogP contribution in [-0.4, -0.2) is 27.6 Å². The predicted octanol–water partition coefficient (Wildman–Crippen LogP) is 4.02. The van der Waals surface area contributed by atoms with Crippen molar-refractivity contribution in [1.82, 2.24) is 9.96 Å². The Bertz CT molecular complexity index is 767. The molecule has 1 amide bonds. The fraction of sp³-hybridized carbons (Fsp3) is 0.235. The summed E-state index contributed by atoms with van der Waals surface area (Å²) in [6.07, 6.45) is -0.816. The first-order valence-corrected chi connectivity index (χ1v) is 8.15. The average Bonchev–Trinajstić information content (AvgIpc) is 2.82. The van der Waals surface area contributed by atoms with E-state index in [0.29, 0.717) is 10.6 Å². The fourth-order valence-electron chi connectivity index (χ4n) is 3.02. The normalized spacial score (nSPS) is 19.8. The Morgan fingerprint density at radius 2 is 1.83 bits per heavy atom. The number of nitrogens with zero attached hydrogens (tertiary/aromatic N) is 2. The van der Waals surface area contributed by atoms with E-state index in [1.165, 1.54) is 18.2 Å². The minimum absolute atomic E-state index is 0.124. The van der Waals surface area contributed by atoms with E-state index in [0.717, 1.165) is 4.47 Å². The zero-order valence-corrected chi connectivity index (χ0v) is 14.4. The predicted molar refractivity (Wildman–Crippen MR) is 87.0 cm³/mol. The Kier molecular flexibility index (Phi) is 4.67. The molecule has 7 heteroatoms. The summed E-state index contributed by atoms with van der Waals surface area (Å²) in [5, 5.41) is 10.8. The standard InChI is InChI=1S/C17H15BrF2N2O2/c1-10(16-13(19)6-3-7-14(16)20)21-9-15(23)22(24)17(21)11-4-2-5-12(18)8-11/h2-8,10,17,24H,9H2,1H3. The number of hydrogen-bond donors (Lipinski definition) is 1. The van der Waals surface area contributed by atoms with Crippen molar-refractivity contribution in [1.29, 1.82) is 0 Å². The van der Waals surface area contributed by atoms with E-state index >= 15 is 0 Å². The molecule has 1 aliphatic heterocycles. The van der Waals surface area contributed by atoms with E-state index in [1.807, 2.05) is 6.07 Å². The van der Waals surface area contributed by atoms with Gasteiger partial charge in [0.2, 0.25) is 0 Å². The molecule has 0 bridgehead atoms. The smallest absolute Gasteiger partial charge is 0.262 e. The summed E-state index contributed by atoms with van der Waals surface area (Å²) in [6.45, 7) is 1.47. The van der Waals surface area contributed by atoms with Crippen LogP contribution in [0.25, 0.3) is 0 Å². The van der Waals surface area contributed by atoms with Gasteiger partial charge in [0.25, 0.3) is 5.91 Å². The molecule has 126 valence electrons. The van der Waals surface area contributed by atoms with Crippen molar-refractivity contribution in [3.8, 4) is 0 Å². The third kappa shape index (κ3) is 2.94. The van der Waals surface area contributed by atoms with Crippen molar-refractivity contribution in [3.63, 3.8) is 0 Å². The summed E-state index contributed by atoms with van der Waals surface area (Å²) in [7, 11) is 0. The van der Waals surface area contributed by atoms with E-state index in [4.69, 9.17) is 0 Å². The van der Waals surface area contributed by atoms with Crippen LogP contribution < -0.4 is 0 Å². The Labute approximate surface area is 146 Å². The summed E-state index contributed by atoms with van der Waals surface area (Å²) >= 11 is 3.35. The number of amides is 1. The molecule has 0 aromatic heterocycles. The molecule has 1 N–H and O–H groups in total. The Morgan fingerprint density at radius 3 is 2.46 bits per heavy atom. The van der Waals surface area contributed by atoms with E-state index in [9.17, 15) is 18.8 Å². The van der Waals surface area contributed by atoms with Gasteiger partial charge in [0.1, 0.15) is 17.8 Å². The van der Waals surface area contributed by atoms with Crippen LogP contribution in [-0.2, 0) is 4.79 Å². The lowest BCUT2D eigenvalue weighted by molar-refractivity contribution is -0.171. The molecule has 0 spiro atoms. The van der Waals surface area contributed by atoms with Gasteiger partial charge >= 0.3 is 0 Å². The second-order valence-corrected chi connectivity index (χ2v) is 6.57. The molecule has 4 nitrogen and oxygen atoms in total. The molecule has 1 heterocycles. The third-order valence-electron chi connectivity index (χ3n) is 4.18. The molecule has 2 unspecified atom stereocenters. The average molecular weight is 397 g/mol. The number of carbonyl (C=O) groups is 1. The first-order chi connectivity index (χ1) is 11.4. The Hall–Kier alpha value is -1.83. The van der Waals surface area contributed by atoms with Crippen LogP contribution in [0.1, 0.15) is 30.3 Å². The van der Waals surface area contributed by atoms with Crippen LogP contribution in [0, 0.1) is 11.6 Å². The molecule has 3 rings (SSSR count). The Morgan fingerprint density at radius 1 is 1.21 bits per heavy atom. The van der Waals surface area contributed by atoms with Crippen LogP contribution in [0.3, 0.4) is 0 Å². The molecule has 2 aromatic carbocycles. The maximum atomic E-state index is 14.1. The van der Waals surface area contributed by atoms with Gasteiger partial charge in [-0.05, 0) is 36.8 Å². The highest BCUT2D eigenvalue weighted by atomic mass is 79.9. The van der Waals surface area contributed by atoms with Crippen LogP contribution >= 0.6 is 15.9 Å². The van der Waals surface area contributed by atoms with Crippen LogP contribution in [0.4, 0.5) is 8.78 Å². The fourth-order valence-corrected chi connectivity index (χ4v) is 3.43. The molecule has 2 atom stereocenters. The van der Waals surface area contributed by atoms with Gasteiger partial charge in [0.15, 0.2) is 0 Å². The van der Waals surface area contributed by atoms with Crippen LogP contribution in [0.2, 0.25) is 0 Å². The van der Waals surface area contributed by atoms with Gasteiger partial charge in [0.05, 0.1) is 6.54 Å². The van der Waals surface area contributed by atoms with Crippen molar-refractivity contribution in [2.45, 2.75) is 19.1 Å². The van der Waals surface area contributed by atoms with Crippen molar-refractivity contribution in [2.75, 3.05) is 6.54 Å². The first kappa shape index (κ1) is 17.0. The minimum Gasteiger partial charge on any atom is -0.284 e. The summed E-state index contributed by atoms with van der Waals surface area (Å²) in [6, 6.07) is 9.99. The maximum absolute atomic E-state index is 14.1. The maximum Gasteiger partial charge on any atom is 0.262 e. The van der Waals surface area contributed by atoms with Gasteiger partial charge < -0.3 is 0 Å². The van der Waals surface area contributed by atoms with Crippen LogP contribution in [0.5, 0.6) is 0 Å². The molecule has 1 fully saturated rings. The second-order valence-electron chi connectivity index (χ2n) is 5.65. The molecule has 24 heavy (non-hydrogen) atoms. The first-order valence-electron chi connectivity index (χ1n) is 7.36. The number of benzene rings is 2. The lowest BCUT2D eigenvalue weighted by atomic mass is 10.0. The molecular weight excluding hydrogens is 382 g/mol. The minimum atomic E-state index is -0.816. The van der Waals surface area contributed by atoms with E-state index in [1.54, 1.807) is 30.0 Å². The molecule has 0 saturated carbocycles. The summed E-state index contributed by atoms with van der Waals surface area (Å²) in [4.78, 5) is 13.6. The van der Waals surface area contributed by atoms with Gasteiger partial charge in [-0.1, -0.05) is 34.1 Å². The van der Waals surface area contributed by atoms with Crippen LogP contribution in [0.15, 0.2) is 46.9 Å². The van der Waals surface area contributed by atoms with Gasteiger partial charge in [-0.15, -0.1) is 0 Å². The van der Waals surface area contributed by atoms with Gasteiger partial charge in [0, 0.05) is 16.1 Å². The van der Waals surface area contributed by atoms with E-state index < -0.39 is 29.7 Å². The topological polar surface area (TPSA) is 43.8 Å². The van der Waals surface area contributed by atoms with Gasteiger partial charge in [-0.25, -0.2) is 13.8 Å². The zero-order chi connectivity index (χ0) is 17.4. The number of hydrogen-bond acceptors (Lipinski definition) is 3. The zero-order valence-electron chi connectivity index (χ0n) is 12.8. The highest BCUT2D eigenvalue weighted by Crippen LogP contribution is 2.38. The number of carbonyl (C=O) groups excluding carboxylic acids is 1. The summed E-state index contributed by atoms with van der Waals surface area (Å²) in [5.41, 5.74) is 0.516. The highest BCUT2D eigenvalue weighted by molar-refractivity contribution is 9.10. The SMILES string of the molecule is CC(c1c(F)cccc1F)N1CC(=O)N(O)C1c1cccc(Br)c1. The number of halogens is 3. The van der Waals surface area contributed by atoms with Crippen molar-refractivity contribution in [3.05, 3.63) is 69.7 Å². The lowest BCUT2D eigenvalue weighted by Gasteiger charge is -2.31. The van der Waals surface area contributed by atoms with Crippen molar-refractivity contribution < 1.29 is 18.8 Å². The Balaban J connectivity index is 2.03. The van der Waals surface area contributed by atoms with Crippen molar-refractivity contribution in [2.24, 2.45) is 0 Å². The quantitative estimate of drug-likeness (QED) is 0.796. The molecule has 0 radical (unpaired) electrons. The number of hydroxylamine groups is 2. The molecular formula is C17H15BrF2N2O2. The lowest BCUT2D eigenvalue weighted by Crippen LogP contribution is -2.32. The van der Waals surface area contributed by atoms with Crippen molar-refractivity contribution >= 4 is 21.8 Å². The van der Waals surface area contributed by atoms with E-state index in [2.05, 4.69) is 15.9 Å². The molecule has 1 saturated heterocycles. The molecule has 2 aromatic rings. The molecule has 1 aliphatic rings. The third-order valence-corrected chi connectivity index (χ3v) is 4.67. The monoisotopic (exact) mass is 396 g/mol. The summed E-state index contributed by atoms with van der Waals surface area (Å²) < 4.78 is 29.0. The van der Waals surface area contributed by atoms with E-state index in [-0.39, 0.29) is 12.1 Å². The van der Waals surface area contributed by atoms with Gasteiger partial charge in [-0.3, -0.25) is 14.9 Å². The largest absolute Gasteiger partial charge is 0.284 e. The van der Waals surface area contributed by atoms with Gasteiger partial charge in [-0.2, -0.15) is 0 Å². The second kappa shape index (κ2) is 6.58. The molecule has 0 aliphatic carbocycles. The summed E-state index contributed by atoms with van der Waals surface area (Å²) in [5.74, 6) is -1.89.